The number of pyridine rings is 1. The second-order valence-corrected chi connectivity index (χ2v) is 6.31. The molecule has 2 aromatic rings. The molecule has 2 unspecified atom stereocenters. The van der Waals surface area contributed by atoms with E-state index in [-0.39, 0.29) is 22.8 Å². The Bertz CT molecular complexity index is 618. The Morgan fingerprint density at radius 3 is 2.27 bits per heavy atom. The Hall–Kier alpha value is -1.91. The molecule has 0 radical (unpaired) electrons. The van der Waals surface area contributed by atoms with Gasteiger partial charge in [0.1, 0.15) is 11.9 Å². The third kappa shape index (κ3) is 2.19. The minimum absolute atomic E-state index is 0.0716. The fourth-order valence-electron chi connectivity index (χ4n) is 4.04. The Balaban J connectivity index is 1.55. The number of hydrogen-bond donors (Lipinski definition) is 0. The monoisotopic (exact) mass is 296 g/mol. The van der Waals surface area contributed by atoms with E-state index in [1.54, 1.807) is 6.20 Å². The molecule has 2 fully saturated rings. The predicted molar refractivity (Wildman–Crippen MR) is 86.3 cm³/mol. The second kappa shape index (κ2) is 5.38. The van der Waals surface area contributed by atoms with Crippen LogP contribution >= 0.6 is 0 Å². The normalized spacial score (nSPS) is 33.6. The number of fused-ring (bicyclic) bond motifs is 2. The highest BCUT2D eigenvalue weighted by Gasteiger charge is 2.51. The molecule has 4 atom stereocenters. The highest BCUT2D eigenvalue weighted by Crippen LogP contribution is 2.45. The molecule has 2 aliphatic rings. The van der Waals surface area contributed by atoms with Crippen LogP contribution in [0.5, 0.6) is 5.75 Å². The van der Waals surface area contributed by atoms with E-state index in [1.807, 2.05) is 48.5 Å². The number of rotatable bonds is 3. The van der Waals surface area contributed by atoms with Crippen LogP contribution in [0.2, 0.25) is 0 Å². The number of ether oxygens (including phenoxy) is 1. The van der Waals surface area contributed by atoms with Crippen molar-refractivity contribution in [3.8, 4) is 5.75 Å². The molecule has 114 valence electrons. The molecule has 2 aliphatic heterocycles. The Morgan fingerprint density at radius 2 is 1.64 bits per heavy atom. The molecule has 4 heteroatoms. The van der Waals surface area contributed by atoms with E-state index < -0.39 is 0 Å². The van der Waals surface area contributed by atoms with Gasteiger partial charge in [0.2, 0.25) is 5.82 Å². The van der Waals surface area contributed by atoms with Crippen molar-refractivity contribution < 1.29 is 4.74 Å². The van der Waals surface area contributed by atoms with E-state index in [0.717, 1.165) is 31.4 Å². The van der Waals surface area contributed by atoms with Gasteiger partial charge in [0, 0.05) is 37.9 Å². The first-order valence-electron chi connectivity index (χ1n) is 7.99. The van der Waals surface area contributed by atoms with Gasteiger partial charge >= 0.3 is 0 Å². The van der Waals surface area contributed by atoms with Crippen LogP contribution in [0.3, 0.4) is 0 Å². The average molecular weight is 296 g/mol. The van der Waals surface area contributed by atoms with Crippen molar-refractivity contribution in [2.45, 2.75) is 43.9 Å². The molecule has 22 heavy (non-hydrogen) atoms. The summed E-state index contributed by atoms with van der Waals surface area (Å²) in [5.41, 5.74) is 0. The second-order valence-electron chi connectivity index (χ2n) is 6.31. The van der Waals surface area contributed by atoms with Crippen LogP contribution in [0.4, 0.5) is 5.82 Å². The largest absolute Gasteiger partial charge is 0.626 e. The van der Waals surface area contributed by atoms with Crippen molar-refractivity contribution in [1.82, 2.24) is 9.63 Å². The SMILES string of the molecule is [O-][N+]1(c2ccccn2)[C@@H]2CC[C@H]1CC(Oc1ccccc1)C2. The minimum atomic E-state index is -0.254. The third-order valence-electron chi connectivity index (χ3n) is 5.04. The molecule has 4 nitrogen and oxygen atoms in total. The molecule has 0 N–H and O–H groups in total. The molecular formula is C18H20N2O2. The zero-order chi connectivity index (χ0) is 15.0. The van der Waals surface area contributed by atoms with Crippen molar-refractivity contribution >= 4 is 5.82 Å². The molecule has 1 aromatic heterocycles. The van der Waals surface area contributed by atoms with E-state index in [2.05, 4.69) is 4.98 Å². The molecule has 3 heterocycles. The fraction of sp³-hybridized carbons (Fsp3) is 0.389. The maximum Gasteiger partial charge on any atom is 0.227 e. The van der Waals surface area contributed by atoms with Crippen LogP contribution in [0.15, 0.2) is 54.7 Å². The van der Waals surface area contributed by atoms with E-state index in [9.17, 15) is 5.21 Å². The summed E-state index contributed by atoms with van der Waals surface area (Å²) in [4.78, 5) is 4.34. The number of benzene rings is 1. The van der Waals surface area contributed by atoms with Crippen LogP contribution < -0.4 is 9.38 Å². The van der Waals surface area contributed by atoms with Gasteiger partial charge in [-0.1, -0.05) is 24.3 Å². The maximum absolute atomic E-state index is 13.5. The van der Waals surface area contributed by atoms with Crippen molar-refractivity contribution in [3.63, 3.8) is 0 Å². The summed E-state index contributed by atoms with van der Waals surface area (Å²) in [5, 5.41) is 13.5. The number of hydroxylamine groups is 2. The zero-order valence-electron chi connectivity index (χ0n) is 12.5. The first-order chi connectivity index (χ1) is 10.8. The highest BCUT2D eigenvalue weighted by molar-refractivity contribution is 5.40. The molecule has 0 amide bonds. The van der Waals surface area contributed by atoms with Crippen LogP contribution in [0.1, 0.15) is 25.7 Å². The molecule has 4 rings (SSSR count). The average Bonchev–Trinajstić information content (AvgIpc) is 2.75. The summed E-state index contributed by atoms with van der Waals surface area (Å²) in [7, 11) is 0. The van der Waals surface area contributed by atoms with Crippen LogP contribution in [-0.4, -0.2) is 23.2 Å². The lowest BCUT2D eigenvalue weighted by Gasteiger charge is -2.51. The van der Waals surface area contributed by atoms with Gasteiger partial charge in [-0.15, -0.1) is 0 Å². The van der Waals surface area contributed by atoms with Gasteiger partial charge in [-0.05, 0) is 18.2 Å². The minimum Gasteiger partial charge on any atom is -0.626 e. The van der Waals surface area contributed by atoms with Crippen molar-refractivity contribution in [2.24, 2.45) is 0 Å². The lowest BCUT2D eigenvalue weighted by molar-refractivity contribution is 0.0788. The predicted octanol–water partition coefficient (Wildman–Crippen LogP) is 3.66. The molecule has 0 spiro atoms. The number of aromatic nitrogens is 1. The lowest BCUT2D eigenvalue weighted by Crippen LogP contribution is -2.59. The first-order valence-corrected chi connectivity index (χ1v) is 7.99. The number of quaternary nitrogens is 1. The fourth-order valence-corrected chi connectivity index (χ4v) is 4.04. The van der Waals surface area contributed by atoms with E-state index in [1.165, 1.54) is 0 Å². The molecular weight excluding hydrogens is 276 g/mol. The summed E-state index contributed by atoms with van der Waals surface area (Å²) in [6.45, 7) is 0. The topological polar surface area (TPSA) is 45.2 Å². The van der Waals surface area contributed by atoms with Crippen LogP contribution in [0, 0.1) is 5.21 Å². The molecule has 2 saturated heterocycles. The first kappa shape index (κ1) is 13.7. The molecule has 0 saturated carbocycles. The quantitative estimate of drug-likeness (QED) is 0.641. The molecule has 2 bridgehead atoms. The van der Waals surface area contributed by atoms with Gasteiger partial charge in [0.05, 0.1) is 12.1 Å². The van der Waals surface area contributed by atoms with Crippen molar-refractivity contribution in [2.75, 3.05) is 0 Å². The summed E-state index contributed by atoms with van der Waals surface area (Å²) < 4.78 is 5.84. The van der Waals surface area contributed by atoms with Gasteiger partial charge in [-0.3, -0.25) is 0 Å². The van der Waals surface area contributed by atoms with E-state index in [0.29, 0.717) is 5.82 Å². The van der Waals surface area contributed by atoms with Crippen LogP contribution in [-0.2, 0) is 0 Å². The smallest absolute Gasteiger partial charge is 0.227 e. The third-order valence-corrected chi connectivity index (χ3v) is 5.04. The van der Waals surface area contributed by atoms with Crippen LogP contribution in [0.25, 0.3) is 0 Å². The summed E-state index contributed by atoms with van der Waals surface area (Å²) in [6, 6.07) is 15.7. The lowest BCUT2D eigenvalue weighted by atomic mass is 9.98. The van der Waals surface area contributed by atoms with Gasteiger partial charge in [0.25, 0.3) is 0 Å². The Labute approximate surface area is 130 Å². The number of nitrogens with zero attached hydrogens (tertiary/aromatic N) is 2. The van der Waals surface area contributed by atoms with E-state index >= 15 is 0 Å². The standard InChI is InChI=1S/C18H20N2O2/c21-20(18-8-4-5-11-19-18)14-9-10-15(20)13-17(12-14)22-16-6-2-1-3-7-16/h1-8,11,14-15,17H,9-10,12-13H2/t14-,15+,17?,20?. The highest BCUT2D eigenvalue weighted by atomic mass is 16.6. The zero-order valence-corrected chi connectivity index (χ0v) is 12.5. The van der Waals surface area contributed by atoms with Gasteiger partial charge in [0.15, 0.2) is 0 Å². The van der Waals surface area contributed by atoms with Gasteiger partial charge in [-0.25, -0.2) is 4.98 Å². The molecule has 0 aliphatic carbocycles. The Morgan fingerprint density at radius 1 is 0.955 bits per heavy atom. The van der Waals surface area contributed by atoms with Gasteiger partial charge in [-0.2, -0.15) is 0 Å². The molecule has 1 aromatic carbocycles. The van der Waals surface area contributed by atoms with Crippen molar-refractivity contribution in [1.29, 1.82) is 0 Å². The number of piperidine rings is 1. The summed E-state index contributed by atoms with van der Waals surface area (Å²) >= 11 is 0. The van der Waals surface area contributed by atoms with Gasteiger partial charge < -0.3 is 14.6 Å². The summed E-state index contributed by atoms with van der Waals surface area (Å²) in [6.07, 6.45) is 5.43. The number of para-hydroxylation sites is 1. The van der Waals surface area contributed by atoms with E-state index in [4.69, 9.17) is 4.74 Å². The Kier molecular flexibility index (Phi) is 3.36. The van der Waals surface area contributed by atoms with Crippen molar-refractivity contribution in [3.05, 3.63) is 59.9 Å². The number of hydrogen-bond acceptors (Lipinski definition) is 3. The summed E-state index contributed by atoms with van der Waals surface area (Å²) in [5.74, 6) is 1.56. The maximum atomic E-state index is 13.5.